The Labute approximate surface area is 314 Å². The van der Waals surface area contributed by atoms with Crippen LogP contribution in [0.4, 0.5) is 5.69 Å². The maximum absolute atomic E-state index is 13.5. The number of fused-ring (bicyclic) bond motifs is 6. The van der Waals surface area contributed by atoms with Crippen molar-refractivity contribution in [2.45, 2.75) is 50.6 Å². The number of allylic oxidation sites excluding steroid dienone is 1. The van der Waals surface area contributed by atoms with Crippen molar-refractivity contribution in [2.75, 3.05) is 11.4 Å². The molecule has 11 heteroatoms. The van der Waals surface area contributed by atoms with Crippen LogP contribution in [0.15, 0.2) is 123 Å². The van der Waals surface area contributed by atoms with Crippen LogP contribution in [0, 0.1) is 6.92 Å². The van der Waals surface area contributed by atoms with Crippen molar-refractivity contribution in [3.8, 4) is 0 Å². The van der Waals surface area contributed by atoms with Crippen LogP contribution in [0.1, 0.15) is 31.3 Å². The molecule has 0 N–H and O–H groups in total. The second kappa shape index (κ2) is 14.8. The fourth-order valence-corrected chi connectivity index (χ4v) is 10.4. The van der Waals surface area contributed by atoms with E-state index in [9.17, 15) is 17.8 Å². The Hall–Kier alpha value is -4.52. The molecule has 8 rings (SSSR count). The molecule has 3 heterocycles. The predicted molar refractivity (Wildman–Crippen MR) is 217 cm³/mol. The third-order valence-corrected chi connectivity index (χ3v) is 13.2. The van der Waals surface area contributed by atoms with E-state index in [2.05, 4.69) is 108 Å². The van der Waals surface area contributed by atoms with Gasteiger partial charge in [0.1, 0.15) is 26.0 Å². The molecular formula is C41H37N3O4S4. The number of thiazole rings is 2. The quantitative estimate of drug-likeness (QED) is 0.127. The molecule has 0 bridgehead atoms. The Bertz CT molecular complexity index is 2800. The van der Waals surface area contributed by atoms with Gasteiger partial charge in [0, 0.05) is 23.4 Å². The van der Waals surface area contributed by atoms with E-state index in [-0.39, 0.29) is 10.5 Å². The zero-order valence-electron chi connectivity index (χ0n) is 29.2. The second-order valence-corrected chi connectivity index (χ2v) is 16.8. The minimum Gasteiger partial charge on any atom is -0.744 e. The minimum atomic E-state index is -4.27. The summed E-state index contributed by atoms with van der Waals surface area (Å²) in [5.41, 5.74) is 3.54. The van der Waals surface area contributed by atoms with Crippen molar-refractivity contribution in [3.63, 3.8) is 0 Å². The Morgan fingerprint density at radius 2 is 1.46 bits per heavy atom. The van der Waals surface area contributed by atoms with Gasteiger partial charge in [0.15, 0.2) is 0 Å². The summed E-state index contributed by atoms with van der Waals surface area (Å²) in [5.74, 6) is 0. The van der Waals surface area contributed by atoms with E-state index in [0.29, 0.717) is 6.54 Å². The van der Waals surface area contributed by atoms with Crippen LogP contribution in [0.5, 0.6) is 0 Å². The van der Waals surface area contributed by atoms with Crippen LogP contribution < -0.4 is 24.2 Å². The Morgan fingerprint density at radius 3 is 2.13 bits per heavy atom. The molecule has 0 fully saturated rings. The van der Waals surface area contributed by atoms with Crippen molar-refractivity contribution in [1.29, 1.82) is 0 Å². The van der Waals surface area contributed by atoms with Gasteiger partial charge in [-0.05, 0) is 81.0 Å². The third-order valence-electron chi connectivity index (χ3n) is 9.05. The lowest BCUT2D eigenvalue weighted by atomic mass is 10.1. The number of anilines is 1. The van der Waals surface area contributed by atoms with Gasteiger partial charge in [0.25, 0.3) is 10.6 Å². The monoisotopic (exact) mass is 763 g/mol. The van der Waals surface area contributed by atoms with E-state index >= 15 is 0 Å². The fourth-order valence-electron chi connectivity index (χ4n) is 6.52. The van der Waals surface area contributed by atoms with Crippen molar-refractivity contribution in [3.05, 3.63) is 138 Å². The highest BCUT2D eigenvalue weighted by atomic mass is 32.2. The van der Waals surface area contributed by atoms with E-state index in [1.807, 2.05) is 24.5 Å². The molecule has 7 nitrogen and oxygen atoms in total. The first kappa shape index (κ1) is 35.9. The molecule has 0 saturated heterocycles. The van der Waals surface area contributed by atoms with Gasteiger partial charge < -0.3 is 9.45 Å². The summed E-state index contributed by atoms with van der Waals surface area (Å²) < 4.78 is 38.5. The van der Waals surface area contributed by atoms with Crippen molar-refractivity contribution in [2.24, 2.45) is 0 Å². The highest BCUT2D eigenvalue weighted by Crippen LogP contribution is 2.49. The van der Waals surface area contributed by atoms with Crippen molar-refractivity contribution >= 4 is 94.2 Å². The van der Waals surface area contributed by atoms with Crippen molar-refractivity contribution < 1.29 is 17.5 Å². The number of nitrogens with zero attached hydrogens (tertiary/aromatic N) is 3. The van der Waals surface area contributed by atoms with E-state index in [1.165, 1.54) is 54.5 Å². The van der Waals surface area contributed by atoms with Gasteiger partial charge in [-0.25, -0.2) is 8.42 Å². The van der Waals surface area contributed by atoms with Crippen molar-refractivity contribution in [1.82, 2.24) is 4.57 Å². The highest BCUT2D eigenvalue weighted by molar-refractivity contribution is 8.03. The summed E-state index contributed by atoms with van der Waals surface area (Å²) in [7, 11) is -4.27. The first-order chi connectivity index (χ1) is 25.1. The molecule has 0 unspecified atom stereocenters. The number of hydrogen-bond acceptors (Lipinski definition) is 8. The molecule has 0 radical (unpaired) electrons. The summed E-state index contributed by atoms with van der Waals surface area (Å²) in [4.78, 5) is 17.0. The maximum Gasteiger partial charge on any atom is 0.269 e. The van der Waals surface area contributed by atoms with Gasteiger partial charge in [-0.15, -0.1) is 11.3 Å². The standard InChI is InChI=1S/C34H30N3OS3.C7H8O3S/c1-4-35-29(39-26-17-15-22-11-7-9-13-24(22)32(26)35)20-19-28-34(38)37(6-3)31(41-28)21-30-36(5-2)33-25-14-10-8-12-23(25)16-18-27(33)40-30;1-6-2-4-7(5-3-6)11(8,9)10/h7-21H,4-6H2,1-3H3;2-5H,1H3,(H,8,9,10)/q+1;/p-1/b28-19-,29-20-;. The fraction of sp³-hybridized carbons (Fsp3) is 0.171. The lowest BCUT2D eigenvalue weighted by Gasteiger charge is -2.19. The van der Waals surface area contributed by atoms with Crippen LogP contribution >= 0.6 is 34.4 Å². The zero-order chi connectivity index (χ0) is 36.6. The maximum atomic E-state index is 13.5. The van der Waals surface area contributed by atoms with Gasteiger partial charge in [0.05, 0.1) is 31.6 Å². The summed E-state index contributed by atoms with van der Waals surface area (Å²) in [6.45, 7) is 10.6. The summed E-state index contributed by atoms with van der Waals surface area (Å²) in [5, 5.41) is 7.35. The predicted octanol–water partition coefficient (Wildman–Crippen LogP) is 7.74. The van der Waals surface area contributed by atoms with Gasteiger partial charge in [-0.3, -0.25) is 9.36 Å². The molecule has 0 amide bonds. The molecule has 264 valence electrons. The second-order valence-electron chi connectivity index (χ2n) is 12.2. The van der Waals surface area contributed by atoms with Crippen LogP contribution in [0.25, 0.3) is 43.9 Å². The van der Waals surface area contributed by atoms with Crippen LogP contribution in [0.2, 0.25) is 0 Å². The van der Waals surface area contributed by atoms with E-state index < -0.39 is 10.1 Å². The van der Waals surface area contributed by atoms with Gasteiger partial charge in [-0.2, -0.15) is 4.57 Å². The first-order valence-electron chi connectivity index (χ1n) is 17.1. The molecule has 0 spiro atoms. The van der Waals surface area contributed by atoms with E-state index in [4.69, 9.17) is 0 Å². The Morgan fingerprint density at radius 1 is 0.788 bits per heavy atom. The number of hydrogen-bond donors (Lipinski definition) is 0. The highest BCUT2D eigenvalue weighted by Gasteiger charge is 2.26. The molecule has 0 aliphatic carbocycles. The Kier molecular flexibility index (Phi) is 10.2. The van der Waals surface area contributed by atoms with Crippen LogP contribution in [0.3, 0.4) is 0 Å². The molecule has 7 aromatic rings. The van der Waals surface area contributed by atoms with Crippen LogP contribution in [-0.2, 0) is 23.2 Å². The van der Waals surface area contributed by atoms with Gasteiger partial charge >= 0.3 is 0 Å². The molecular weight excluding hydrogens is 727 g/mol. The smallest absolute Gasteiger partial charge is 0.269 e. The van der Waals surface area contributed by atoms with E-state index in [0.717, 1.165) is 37.9 Å². The number of aromatic nitrogens is 2. The number of thioether (sulfide) groups is 1. The summed E-state index contributed by atoms with van der Waals surface area (Å²) >= 11 is 5.15. The molecule has 1 aliphatic rings. The molecule has 5 aromatic carbocycles. The van der Waals surface area contributed by atoms with E-state index in [1.54, 1.807) is 46.6 Å². The summed E-state index contributed by atoms with van der Waals surface area (Å²) in [6.07, 6.45) is 6.34. The molecule has 0 saturated carbocycles. The lowest BCUT2D eigenvalue weighted by Crippen LogP contribution is -2.35. The number of benzene rings is 5. The molecule has 0 atom stereocenters. The van der Waals surface area contributed by atoms with Crippen LogP contribution in [-0.4, -0.2) is 24.1 Å². The molecule has 2 aromatic heterocycles. The summed E-state index contributed by atoms with van der Waals surface area (Å²) in [6, 6.07) is 31.7. The van der Waals surface area contributed by atoms with Gasteiger partial charge in [0.2, 0.25) is 5.52 Å². The normalized spacial score (nSPS) is 14.5. The molecule has 1 aliphatic heterocycles. The SMILES string of the molecule is CCN1/C(=C/C=c2\s/c(=C/c3sc4ccc5ccccc5c4[n+]3CC)n(CC)c2=O)Sc2ccc3ccccc3c21.Cc1ccc(S(=O)(=O)[O-])cc1. The average molecular weight is 764 g/mol. The zero-order valence-corrected chi connectivity index (χ0v) is 32.5. The average Bonchev–Trinajstić information content (AvgIpc) is 3.80. The topological polar surface area (TPSA) is 86.3 Å². The minimum absolute atomic E-state index is 0.0734. The number of aryl methyl sites for hydroxylation is 2. The largest absolute Gasteiger partial charge is 0.744 e. The van der Waals surface area contributed by atoms with Gasteiger partial charge in [-0.1, -0.05) is 95.4 Å². The lowest BCUT2D eigenvalue weighted by molar-refractivity contribution is -0.664. The first-order valence-corrected chi connectivity index (χ1v) is 20.9. The Balaban J connectivity index is 0.000000329. The third kappa shape index (κ3) is 6.87. The molecule has 52 heavy (non-hydrogen) atoms. The number of rotatable bonds is 6.